The van der Waals surface area contributed by atoms with Gasteiger partial charge < -0.3 is 14.8 Å². The lowest BCUT2D eigenvalue weighted by molar-refractivity contribution is -0.137. The fraction of sp³-hybridized carbons (Fsp3) is 0.176. The zero-order valence-electron chi connectivity index (χ0n) is 13.4. The van der Waals surface area contributed by atoms with Crippen LogP contribution in [0.5, 0.6) is 5.75 Å². The molecule has 2 aromatic rings. The van der Waals surface area contributed by atoms with Gasteiger partial charge in [0.2, 0.25) is 0 Å². The van der Waals surface area contributed by atoms with Crippen LogP contribution in [-0.2, 0) is 15.7 Å². The van der Waals surface area contributed by atoms with Crippen molar-refractivity contribution >= 4 is 33.5 Å². The first-order valence-electron chi connectivity index (χ1n) is 7.18. The Morgan fingerprint density at radius 3 is 2.31 bits per heavy atom. The van der Waals surface area contributed by atoms with Crippen molar-refractivity contribution in [3.05, 3.63) is 58.1 Å². The number of hydrogen-bond acceptors (Lipinski definition) is 4. The number of benzene rings is 2. The number of nitrogens with one attached hydrogen (secondary N) is 1. The molecule has 0 aliphatic heterocycles. The first kappa shape index (κ1) is 19.8. The van der Waals surface area contributed by atoms with E-state index in [2.05, 4.69) is 21.2 Å². The Morgan fingerprint density at radius 1 is 1.12 bits per heavy atom. The number of amides is 1. The molecule has 0 radical (unpaired) electrons. The van der Waals surface area contributed by atoms with E-state index in [4.69, 9.17) is 9.47 Å². The summed E-state index contributed by atoms with van der Waals surface area (Å²) in [6.45, 7) is -0.580. The Kier molecular flexibility index (Phi) is 6.25. The summed E-state index contributed by atoms with van der Waals surface area (Å²) >= 11 is 3.23. The number of ether oxygens (including phenoxy) is 2. The molecule has 0 saturated carbocycles. The van der Waals surface area contributed by atoms with Crippen LogP contribution in [0.2, 0.25) is 0 Å². The molecule has 2 rings (SSSR count). The standard InChI is InChI=1S/C17H13BrF3NO4/c1-25-14-7-2-10(8-13(14)18)16(24)26-9-15(23)22-12-5-3-11(4-6-12)17(19,20)21/h2-8H,9H2,1H3,(H,22,23). The fourth-order valence-corrected chi connectivity index (χ4v) is 2.49. The van der Waals surface area contributed by atoms with Crippen LogP contribution in [0.25, 0.3) is 0 Å². The summed E-state index contributed by atoms with van der Waals surface area (Å²) in [6.07, 6.45) is -4.45. The minimum absolute atomic E-state index is 0.159. The maximum atomic E-state index is 12.5. The maximum Gasteiger partial charge on any atom is 0.416 e. The van der Waals surface area contributed by atoms with E-state index in [1.165, 1.54) is 19.2 Å². The molecule has 2 aromatic carbocycles. The predicted octanol–water partition coefficient (Wildman–Crippen LogP) is 4.27. The molecule has 0 fully saturated rings. The lowest BCUT2D eigenvalue weighted by atomic mass is 10.2. The largest absolute Gasteiger partial charge is 0.496 e. The average molecular weight is 432 g/mol. The van der Waals surface area contributed by atoms with Gasteiger partial charge in [-0.1, -0.05) is 0 Å². The third-order valence-corrected chi connectivity index (χ3v) is 3.84. The van der Waals surface area contributed by atoms with Crippen molar-refractivity contribution in [1.29, 1.82) is 0 Å². The molecule has 0 unspecified atom stereocenters. The highest BCUT2D eigenvalue weighted by Crippen LogP contribution is 2.29. The Labute approximate surface area is 155 Å². The van der Waals surface area contributed by atoms with Gasteiger partial charge in [0, 0.05) is 5.69 Å². The van der Waals surface area contributed by atoms with E-state index in [0.29, 0.717) is 10.2 Å². The van der Waals surface area contributed by atoms with Gasteiger partial charge in [-0.05, 0) is 58.4 Å². The summed E-state index contributed by atoms with van der Waals surface area (Å²) in [4.78, 5) is 23.7. The fourth-order valence-electron chi connectivity index (χ4n) is 1.95. The van der Waals surface area contributed by atoms with E-state index in [9.17, 15) is 22.8 Å². The van der Waals surface area contributed by atoms with Crippen molar-refractivity contribution in [2.45, 2.75) is 6.18 Å². The van der Waals surface area contributed by atoms with Gasteiger partial charge in [0.15, 0.2) is 6.61 Å². The Morgan fingerprint density at radius 2 is 1.77 bits per heavy atom. The normalized spacial score (nSPS) is 11.0. The molecule has 0 atom stereocenters. The summed E-state index contributed by atoms with van der Waals surface area (Å²) in [6, 6.07) is 8.43. The van der Waals surface area contributed by atoms with Crippen LogP contribution in [-0.4, -0.2) is 25.6 Å². The van der Waals surface area contributed by atoms with Crippen LogP contribution in [0.3, 0.4) is 0 Å². The van der Waals surface area contributed by atoms with E-state index < -0.39 is 30.2 Å². The van der Waals surface area contributed by atoms with E-state index in [-0.39, 0.29) is 11.3 Å². The third-order valence-electron chi connectivity index (χ3n) is 3.22. The van der Waals surface area contributed by atoms with Gasteiger partial charge in [0.25, 0.3) is 5.91 Å². The van der Waals surface area contributed by atoms with E-state index in [0.717, 1.165) is 24.3 Å². The third kappa shape index (κ3) is 5.22. The van der Waals surface area contributed by atoms with Gasteiger partial charge in [-0.15, -0.1) is 0 Å². The topological polar surface area (TPSA) is 64.6 Å². The molecule has 1 amide bonds. The van der Waals surface area contributed by atoms with Crippen molar-refractivity contribution in [2.24, 2.45) is 0 Å². The van der Waals surface area contributed by atoms with Crippen molar-refractivity contribution in [2.75, 3.05) is 19.0 Å². The number of carbonyl (C=O) groups is 2. The number of halogens is 4. The van der Waals surface area contributed by atoms with Crippen LogP contribution in [0.15, 0.2) is 46.9 Å². The van der Waals surface area contributed by atoms with Crippen LogP contribution >= 0.6 is 15.9 Å². The first-order valence-corrected chi connectivity index (χ1v) is 7.98. The van der Waals surface area contributed by atoms with Crippen molar-refractivity contribution in [3.8, 4) is 5.75 Å². The van der Waals surface area contributed by atoms with Crippen molar-refractivity contribution in [3.63, 3.8) is 0 Å². The lowest BCUT2D eigenvalue weighted by Gasteiger charge is -2.09. The lowest BCUT2D eigenvalue weighted by Crippen LogP contribution is -2.21. The van der Waals surface area contributed by atoms with Crippen molar-refractivity contribution in [1.82, 2.24) is 0 Å². The molecular formula is C17H13BrF3NO4. The summed E-state index contributed by atoms with van der Waals surface area (Å²) in [5.74, 6) is -0.872. The zero-order valence-corrected chi connectivity index (χ0v) is 15.0. The van der Waals surface area contributed by atoms with Gasteiger partial charge >= 0.3 is 12.1 Å². The summed E-state index contributed by atoms with van der Waals surface area (Å²) in [5.41, 5.74) is -0.460. The first-order chi connectivity index (χ1) is 12.2. The molecule has 1 N–H and O–H groups in total. The molecule has 0 aliphatic rings. The summed E-state index contributed by atoms with van der Waals surface area (Å²) < 4.78 is 47.9. The summed E-state index contributed by atoms with van der Waals surface area (Å²) in [7, 11) is 1.48. The molecule has 0 aliphatic carbocycles. The number of carbonyl (C=O) groups excluding carboxylic acids is 2. The quantitative estimate of drug-likeness (QED) is 0.717. The Bertz CT molecular complexity index is 807. The minimum atomic E-state index is -4.45. The molecule has 26 heavy (non-hydrogen) atoms. The number of hydrogen-bond donors (Lipinski definition) is 1. The maximum absolute atomic E-state index is 12.5. The number of anilines is 1. The highest BCUT2D eigenvalue weighted by molar-refractivity contribution is 9.10. The number of methoxy groups -OCH3 is 1. The number of esters is 1. The monoisotopic (exact) mass is 431 g/mol. The van der Waals surface area contributed by atoms with E-state index in [1.807, 2.05) is 0 Å². The van der Waals surface area contributed by atoms with Crippen LogP contribution in [0.1, 0.15) is 15.9 Å². The zero-order chi connectivity index (χ0) is 19.3. The van der Waals surface area contributed by atoms with Gasteiger partial charge in [-0.2, -0.15) is 13.2 Å². The molecule has 5 nitrogen and oxygen atoms in total. The second-order valence-corrected chi connectivity index (χ2v) is 5.90. The second-order valence-electron chi connectivity index (χ2n) is 5.05. The SMILES string of the molecule is COc1ccc(C(=O)OCC(=O)Nc2ccc(C(F)(F)F)cc2)cc1Br. The summed E-state index contributed by atoms with van der Waals surface area (Å²) in [5, 5.41) is 2.34. The molecule has 0 saturated heterocycles. The van der Waals surface area contributed by atoms with Gasteiger partial charge in [0.05, 0.1) is 22.7 Å². The number of rotatable bonds is 5. The predicted molar refractivity (Wildman–Crippen MR) is 91.1 cm³/mol. The van der Waals surface area contributed by atoms with Crippen molar-refractivity contribution < 1.29 is 32.2 Å². The Hall–Kier alpha value is -2.55. The van der Waals surface area contributed by atoms with E-state index in [1.54, 1.807) is 6.07 Å². The van der Waals surface area contributed by atoms with E-state index >= 15 is 0 Å². The van der Waals surface area contributed by atoms with Gasteiger partial charge in [-0.3, -0.25) is 4.79 Å². The molecular weight excluding hydrogens is 419 g/mol. The van der Waals surface area contributed by atoms with Gasteiger partial charge in [-0.25, -0.2) is 4.79 Å². The van der Waals surface area contributed by atoms with Gasteiger partial charge in [0.1, 0.15) is 5.75 Å². The molecule has 138 valence electrons. The van der Waals surface area contributed by atoms with Crippen LogP contribution < -0.4 is 10.1 Å². The smallest absolute Gasteiger partial charge is 0.416 e. The Balaban J connectivity index is 1.90. The molecule has 0 aromatic heterocycles. The average Bonchev–Trinajstić information content (AvgIpc) is 2.59. The highest BCUT2D eigenvalue weighted by Gasteiger charge is 2.30. The second kappa shape index (κ2) is 8.22. The van der Waals surface area contributed by atoms with Crippen LogP contribution in [0.4, 0.5) is 18.9 Å². The minimum Gasteiger partial charge on any atom is -0.496 e. The number of alkyl halides is 3. The molecule has 0 bridgehead atoms. The molecule has 0 heterocycles. The van der Waals surface area contributed by atoms with Crippen LogP contribution in [0, 0.1) is 0 Å². The molecule has 0 spiro atoms. The molecule has 9 heteroatoms. The highest BCUT2D eigenvalue weighted by atomic mass is 79.9.